The van der Waals surface area contributed by atoms with E-state index < -0.39 is 6.04 Å². The molecule has 8 heteroatoms. The van der Waals surface area contributed by atoms with Crippen LogP contribution in [0.4, 0.5) is 5.69 Å². The molecule has 2 atom stereocenters. The number of fused-ring (bicyclic) bond motifs is 2. The van der Waals surface area contributed by atoms with Crippen LogP contribution in [0.5, 0.6) is 0 Å². The summed E-state index contributed by atoms with van der Waals surface area (Å²) in [5.74, 6) is 0.675. The van der Waals surface area contributed by atoms with E-state index in [1.165, 1.54) is 11.1 Å². The van der Waals surface area contributed by atoms with Crippen molar-refractivity contribution in [2.45, 2.75) is 57.7 Å². The highest BCUT2D eigenvalue weighted by atomic mass is 16.5. The van der Waals surface area contributed by atoms with E-state index in [9.17, 15) is 4.79 Å². The van der Waals surface area contributed by atoms with Gasteiger partial charge >= 0.3 is 0 Å². The highest BCUT2D eigenvalue weighted by Gasteiger charge is 2.34. The van der Waals surface area contributed by atoms with E-state index in [1.807, 2.05) is 16.8 Å². The lowest BCUT2D eigenvalue weighted by Gasteiger charge is -2.37. The zero-order chi connectivity index (χ0) is 23.8. The second-order valence-electron chi connectivity index (χ2n) is 9.51. The Kier molecular flexibility index (Phi) is 5.82. The van der Waals surface area contributed by atoms with E-state index in [1.54, 1.807) is 0 Å². The Morgan fingerprint density at radius 2 is 2.09 bits per heavy atom. The lowest BCUT2D eigenvalue weighted by molar-refractivity contribution is 0.0924. The third kappa shape index (κ3) is 4.12. The molecule has 2 aliphatic heterocycles. The molecule has 1 saturated heterocycles. The SMILES string of the molecule is CCc1ccc2[nH]c(=O)c([C@H](c3nnnn3C[C@@H]3CCCO3)N3CCCc4ccccc43)cc2c1. The summed E-state index contributed by atoms with van der Waals surface area (Å²) in [6, 6.07) is 16.3. The van der Waals surface area contributed by atoms with E-state index in [4.69, 9.17) is 4.74 Å². The number of rotatable bonds is 6. The monoisotopic (exact) mass is 470 g/mol. The highest BCUT2D eigenvalue weighted by Crippen LogP contribution is 2.36. The number of aryl methyl sites for hydroxylation is 2. The summed E-state index contributed by atoms with van der Waals surface area (Å²) in [5, 5.41) is 13.9. The fraction of sp³-hybridized carbons (Fsp3) is 0.407. The van der Waals surface area contributed by atoms with Crippen molar-refractivity contribution in [1.82, 2.24) is 25.2 Å². The first kappa shape index (κ1) is 22.0. The van der Waals surface area contributed by atoms with Crippen LogP contribution in [0.1, 0.15) is 54.7 Å². The van der Waals surface area contributed by atoms with Crippen LogP contribution in [-0.2, 0) is 24.1 Å². The van der Waals surface area contributed by atoms with Gasteiger partial charge in [0.25, 0.3) is 5.56 Å². The van der Waals surface area contributed by atoms with Crippen LogP contribution < -0.4 is 10.5 Å². The summed E-state index contributed by atoms with van der Waals surface area (Å²) < 4.78 is 7.71. The molecule has 1 fully saturated rings. The Labute approximate surface area is 203 Å². The lowest BCUT2D eigenvalue weighted by Crippen LogP contribution is -2.39. The molecule has 0 bridgehead atoms. The lowest BCUT2D eigenvalue weighted by atomic mass is 9.96. The normalized spacial score (nSPS) is 18.7. The van der Waals surface area contributed by atoms with E-state index in [0.717, 1.165) is 61.8 Å². The van der Waals surface area contributed by atoms with Gasteiger partial charge in [0.2, 0.25) is 0 Å². The van der Waals surface area contributed by atoms with Crippen molar-refractivity contribution in [3.05, 3.63) is 81.4 Å². The number of pyridine rings is 1. The highest BCUT2D eigenvalue weighted by molar-refractivity contribution is 5.80. The van der Waals surface area contributed by atoms with Crippen molar-refractivity contribution in [3.63, 3.8) is 0 Å². The zero-order valence-corrected chi connectivity index (χ0v) is 20.0. The number of para-hydroxylation sites is 1. The molecule has 0 amide bonds. The van der Waals surface area contributed by atoms with Gasteiger partial charge in [-0.1, -0.05) is 31.2 Å². The Balaban J connectivity index is 1.52. The molecule has 6 rings (SSSR count). The number of nitrogens with one attached hydrogen (secondary N) is 1. The van der Waals surface area contributed by atoms with Gasteiger partial charge in [0.05, 0.1) is 12.6 Å². The molecule has 4 heterocycles. The Bertz CT molecular complexity index is 1400. The van der Waals surface area contributed by atoms with Crippen molar-refractivity contribution in [2.24, 2.45) is 0 Å². The summed E-state index contributed by atoms with van der Waals surface area (Å²) >= 11 is 0. The maximum Gasteiger partial charge on any atom is 0.254 e. The van der Waals surface area contributed by atoms with Crippen molar-refractivity contribution < 1.29 is 4.74 Å². The van der Waals surface area contributed by atoms with Crippen molar-refractivity contribution in [3.8, 4) is 0 Å². The van der Waals surface area contributed by atoms with Gasteiger partial charge in [0.1, 0.15) is 6.04 Å². The first-order valence-corrected chi connectivity index (χ1v) is 12.6. The summed E-state index contributed by atoms with van der Waals surface area (Å²) in [6.45, 7) is 4.32. The van der Waals surface area contributed by atoms with Gasteiger partial charge in [-0.15, -0.1) is 5.10 Å². The van der Waals surface area contributed by atoms with E-state index >= 15 is 0 Å². The fourth-order valence-electron chi connectivity index (χ4n) is 5.49. The molecule has 2 aromatic carbocycles. The number of H-pyrrole nitrogens is 1. The van der Waals surface area contributed by atoms with Gasteiger partial charge in [-0.05, 0) is 83.3 Å². The number of tetrazole rings is 1. The minimum atomic E-state index is -0.411. The van der Waals surface area contributed by atoms with Gasteiger partial charge in [0.15, 0.2) is 5.82 Å². The zero-order valence-electron chi connectivity index (χ0n) is 20.0. The summed E-state index contributed by atoms with van der Waals surface area (Å²) in [4.78, 5) is 19.0. The van der Waals surface area contributed by atoms with Crippen LogP contribution in [0, 0.1) is 0 Å². The van der Waals surface area contributed by atoms with Gasteiger partial charge in [-0.25, -0.2) is 4.68 Å². The number of hydrogen-bond donors (Lipinski definition) is 1. The number of hydrogen-bond acceptors (Lipinski definition) is 6. The number of ether oxygens (including phenoxy) is 1. The van der Waals surface area contributed by atoms with E-state index in [-0.39, 0.29) is 11.7 Å². The van der Waals surface area contributed by atoms with Gasteiger partial charge in [-0.3, -0.25) is 4.79 Å². The quantitative estimate of drug-likeness (QED) is 0.461. The molecule has 0 aliphatic carbocycles. The van der Waals surface area contributed by atoms with E-state index in [0.29, 0.717) is 17.9 Å². The van der Waals surface area contributed by atoms with Crippen LogP contribution in [0.2, 0.25) is 0 Å². The number of aromatic amines is 1. The molecule has 0 spiro atoms. The molecular weight excluding hydrogens is 440 g/mol. The molecule has 180 valence electrons. The van der Waals surface area contributed by atoms with Gasteiger partial charge < -0.3 is 14.6 Å². The predicted octanol–water partition coefficient (Wildman–Crippen LogP) is 3.80. The third-order valence-electron chi connectivity index (χ3n) is 7.30. The molecule has 35 heavy (non-hydrogen) atoms. The average Bonchev–Trinajstić information content (AvgIpc) is 3.57. The van der Waals surface area contributed by atoms with E-state index in [2.05, 4.69) is 68.7 Å². The Morgan fingerprint density at radius 3 is 2.94 bits per heavy atom. The second-order valence-corrected chi connectivity index (χ2v) is 9.51. The third-order valence-corrected chi connectivity index (χ3v) is 7.30. The minimum absolute atomic E-state index is 0.0912. The first-order valence-electron chi connectivity index (χ1n) is 12.6. The summed E-state index contributed by atoms with van der Waals surface area (Å²) in [6.07, 6.45) is 5.10. The fourth-order valence-corrected chi connectivity index (χ4v) is 5.49. The van der Waals surface area contributed by atoms with Crippen LogP contribution in [-0.4, -0.2) is 44.4 Å². The van der Waals surface area contributed by atoms with Crippen LogP contribution >= 0.6 is 0 Å². The molecule has 0 unspecified atom stereocenters. The molecule has 2 aliphatic rings. The number of benzene rings is 2. The van der Waals surface area contributed by atoms with Crippen LogP contribution in [0.25, 0.3) is 10.9 Å². The average molecular weight is 471 g/mol. The standard InChI is InChI=1S/C27H30N6O2/c1-2-18-11-12-23-20(15-18)16-22(27(34)28-23)25(32-13-5-8-19-7-3-4-10-24(19)32)26-29-30-31-33(26)17-21-9-6-14-35-21/h3-4,7,10-12,15-16,21,25H,2,5-6,8-9,13-14,17H2,1H3,(H,28,34)/t21-,25+/m0/s1. The van der Waals surface area contributed by atoms with Crippen LogP contribution in [0.15, 0.2) is 53.3 Å². The maximum absolute atomic E-state index is 13.6. The molecule has 0 radical (unpaired) electrons. The Hall–Kier alpha value is -3.52. The molecular formula is C27H30N6O2. The van der Waals surface area contributed by atoms with Gasteiger partial charge in [0, 0.05) is 29.9 Å². The Morgan fingerprint density at radius 1 is 1.17 bits per heavy atom. The number of aromatic nitrogens is 5. The first-order chi connectivity index (χ1) is 17.2. The molecule has 2 aromatic heterocycles. The topological polar surface area (TPSA) is 88.9 Å². The van der Waals surface area contributed by atoms with Crippen molar-refractivity contribution >= 4 is 16.6 Å². The smallest absolute Gasteiger partial charge is 0.254 e. The van der Waals surface area contributed by atoms with Gasteiger partial charge in [-0.2, -0.15) is 0 Å². The minimum Gasteiger partial charge on any atom is -0.376 e. The summed E-state index contributed by atoms with van der Waals surface area (Å²) in [7, 11) is 0. The molecule has 4 aromatic rings. The van der Waals surface area contributed by atoms with Crippen molar-refractivity contribution in [1.29, 1.82) is 0 Å². The largest absolute Gasteiger partial charge is 0.376 e. The van der Waals surface area contributed by atoms with Crippen molar-refractivity contribution in [2.75, 3.05) is 18.1 Å². The number of nitrogens with zero attached hydrogens (tertiary/aromatic N) is 5. The molecule has 8 nitrogen and oxygen atoms in total. The number of anilines is 1. The molecule has 1 N–H and O–H groups in total. The van der Waals surface area contributed by atoms with Crippen LogP contribution in [0.3, 0.4) is 0 Å². The summed E-state index contributed by atoms with van der Waals surface area (Å²) in [5.41, 5.74) is 5.04. The maximum atomic E-state index is 13.6. The second kappa shape index (κ2) is 9.26. The predicted molar refractivity (Wildman–Crippen MR) is 135 cm³/mol. The molecule has 0 saturated carbocycles.